The van der Waals surface area contributed by atoms with Gasteiger partial charge in [0.2, 0.25) is 12.5 Å². The molecule has 3 aliphatic heterocycles. The van der Waals surface area contributed by atoms with Crippen LogP contribution in [-0.4, -0.2) is 20.7 Å². The van der Waals surface area contributed by atoms with E-state index in [9.17, 15) is 0 Å². The molecule has 16 rings (SSSR count). The minimum atomic E-state index is -0.653. The van der Waals surface area contributed by atoms with E-state index in [0.717, 1.165) is 16.8 Å². The third-order valence-electron chi connectivity index (χ3n) is 19.7. The number of imidazole rings is 1. The van der Waals surface area contributed by atoms with Gasteiger partial charge in [-0.1, -0.05) is 204 Å². The van der Waals surface area contributed by atoms with Crippen molar-refractivity contribution in [1.82, 2.24) is 14.0 Å². The molecule has 0 fully saturated rings. The molecule has 0 saturated heterocycles. The van der Waals surface area contributed by atoms with E-state index in [2.05, 4.69) is 251 Å². The zero-order valence-electron chi connectivity index (χ0n) is 47.3. The van der Waals surface area contributed by atoms with Gasteiger partial charge in [0, 0.05) is 11.1 Å². The number of hydrogen-bond donors (Lipinski definition) is 0. The van der Waals surface area contributed by atoms with Crippen LogP contribution in [0.1, 0.15) is 161 Å². The predicted octanol–water partition coefficient (Wildman–Crippen LogP) is 15.6. The molecular formula is C73H66BN3. The summed E-state index contributed by atoms with van der Waals surface area (Å²) in [7, 11) is 0. The van der Waals surface area contributed by atoms with E-state index in [4.69, 9.17) is 4.98 Å². The Morgan fingerprint density at radius 1 is 0.403 bits per heavy atom. The summed E-state index contributed by atoms with van der Waals surface area (Å²) in [5.74, 6) is 0.970. The monoisotopic (exact) mass is 996 g/mol. The van der Waals surface area contributed by atoms with E-state index in [1.54, 1.807) is 0 Å². The summed E-state index contributed by atoms with van der Waals surface area (Å²) in [4.78, 5) is 5.87. The van der Waals surface area contributed by atoms with Gasteiger partial charge in [0.1, 0.15) is 0 Å². The Balaban J connectivity index is 1.21. The Bertz CT molecular complexity index is 4520. The lowest BCUT2D eigenvalue weighted by molar-refractivity contribution is 0.586. The Hall–Kier alpha value is -7.43. The van der Waals surface area contributed by atoms with Crippen LogP contribution in [0, 0.1) is 13.8 Å². The summed E-state index contributed by atoms with van der Waals surface area (Å²) >= 11 is 0. The number of aromatic nitrogens is 3. The zero-order chi connectivity index (χ0) is 53.2. The fourth-order valence-electron chi connectivity index (χ4n) is 15.8. The molecule has 5 heterocycles. The molecule has 11 aromatic rings. The van der Waals surface area contributed by atoms with Crippen molar-refractivity contribution in [3.05, 3.63) is 223 Å². The van der Waals surface area contributed by atoms with Gasteiger partial charge >= 0.3 is 0 Å². The van der Waals surface area contributed by atoms with E-state index in [-0.39, 0.29) is 28.4 Å². The molecule has 376 valence electrons. The minimum absolute atomic E-state index is 0.0454. The standard InChI is InChI=1S/C73H66BN3/c1-39-31-58-60(32-40(39)2)76-61-38-45(71(12,13)14)33-41-34-57-65-66(62(41)61)77(67(76)75-58)59-24-18-23-53-64(59)74(65)63-51(72(57)50-20-16-15-19-46(50)47-28-25-42(35-54(47)72)68(3,4)5)21-17-22-52(63)73(53)55-36-43(69(6,7)8)26-29-48(55)49-30-27-44(37-56(49)73)70(9,10)11/h15-38H,1-14H3. The normalized spacial score (nSPS) is 17.1. The topological polar surface area (TPSA) is 22.2 Å². The lowest BCUT2D eigenvalue weighted by atomic mass is 9.25. The summed E-state index contributed by atoms with van der Waals surface area (Å²) in [5, 5.41) is 2.60. The second-order valence-electron chi connectivity index (χ2n) is 28.1. The molecule has 9 aromatic carbocycles. The third kappa shape index (κ3) is 5.34. The highest BCUT2D eigenvalue weighted by Gasteiger charge is 2.62. The zero-order valence-corrected chi connectivity index (χ0v) is 47.3. The van der Waals surface area contributed by atoms with Gasteiger partial charge in [0.05, 0.1) is 32.9 Å². The Morgan fingerprint density at radius 3 is 1.47 bits per heavy atom. The van der Waals surface area contributed by atoms with E-state index in [0.29, 0.717) is 0 Å². The first-order valence-corrected chi connectivity index (χ1v) is 28.3. The van der Waals surface area contributed by atoms with E-state index in [1.807, 2.05) is 0 Å². The highest BCUT2D eigenvalue weighted by Crippen LogP contribution is 2.63. The van der Waals surface area contributed by atoms with Crippen molar-refractivity contribution in [1.29, 1.82) is 0 Å². The van der Waals surface area contributed by atoms with Gasteiger partial charge in [-0.2, -0.15) is 0 Å². The second-order valence-corrected chi connectivity index (χ2v) is 28.1. The lowest BCUT2D eigenvalue weighted by Crippen LogP contribution is -2.70. The first-order chi connectivity index (χ1) is 36.5. The van der Waals surface area contributed by atoms with Crippen LogP contribution in [0.2, 0.25) is 0 Å². The second kappa shape index (κ2) is 14.0. The number of benzene rings is 9. The van der Waals surface area contributed by atoms with Crippen molar-refractivity contribution >= 4 is 61.7 Å². The first-order valence-electron chi connectivity index (χ1n) is 28.3. The summed E-state index contributed by atoms with van der Waals surface area (Å²) in [6.45, 7) is 33.0. The van der Waals surface area contributed by atoms with Crippen molar-refractivity contribution in [2.45, 2.75) is 129 Å². The Labute approximate surface area is 454 Å². The molecule has 1 unspecified atom stereocenters. The number of aryl methyl sites for hydroxylation is 2. The van der Waals surface area contributed by atoms with Gasteiger partial charge in [-0.3, -0.25) is 8.97 Å². The van der Waals surface area contributed by atoms with Crippen molar-refractivity contribution < 1.29 is 0 Å². The van der Waals surface area contributed by atoms with Gasteiger partial charge in [-0.25, -0.2) is 4.98 Å². The fourth-order valence-corrected chi connectivity index (χ4v) is 15.8. The molecule has 2 aromatic heterocycles. The molecule has 0 saturated carbocycles. The highest BCUT2D eigenvalue weighted by molar-refractivity contribution is 7.00. The molecule has 77 heavy (non-hydrogen) atoms. The number of nitrogens with zero attached hydrogens (tertiary/aromatic N) is 3. The molecule has 5 aliphatic rings. The maximum absolute atomic E-state index is 5.87. The molecule has 0 bridgehead atoms. The van der Waals surface area contributed by atoms with Gasteiger partial charge in [-0.05, 0) is 182 Å². The Kier molecular flexibility index (Phi) is 8.31. The summed E-state index contributed by atoms with van der Waals surface area (Å²) in [5.41, 5.74) is 33.1. The molecule has 3 nitrogen and oxygen atoms in total. The molecule has 2 spiro atoms. The number of hydrogen-bond acceptors (Lipinski definition) is 1. The SMILES string of the molecule is Cc1cc2nc3n4c5c6c(cc7cc(C(C)(C)C)cc(c75)n3c2cc1C)C1(c2ccccc2-c2ccc(C(C)(C)C)cc21)c1cccc2c1B6c1c-4cccc1C21c2cc(C(C)(C)C)ccc2-c2ccc(C(C)(C)C)cc21. The average molecular weight is 996 g/mol. The Morgan fingerprint density at radius 2 is 0.896 bits per heavy atom. The molecule has 0 N–H and O–H groups in total. The van der Waals surface area contributed by atoms with Crippen LogP contribution in [0.4, 0.5) is 0 Å². The summed E-state index contributed by atoms with van der Waals surface area (Å²) in [6, 6.07) is 59.4. The molecule has 1 atom stereocenters. The van der Waals surface area contributed by atoms with Crippen LogP contribution in [-0.2, 0) is 32.5 Å². The number of rotatable bonds is 0. The van der Waals surface area contributed by atoms with E-state index >= 15 is 0 Å². The molecule has 0 radical (unpaired) electrons. The number of fused-ring (bicyclic) bond motifs is 20. The summed E-state index contributed by atoms with van der Waals surface area (Å²) in [6.07, 6.45) is 0. The van der Waals surface area contributed by atoms with Crippen molar-refractivity contribution in [3.63, 3.8) is 0 Å². The molecule has 2 aliphatic carbocycles. The smallest absolute Gasteiger partial charge is 0.248 e. The van der Waals surface area contributed by atoms with Gasteiger partial charge in [0.15, 0.2) is 0 Å². The maximum Gasteiger partial charge on any atom is 0.248 e. The van der Waals surface area contributed by atoms with Crippen molar-refractivity contribution in [3.8, 4) is 27.9 Å². The lowest BCUT2D eigenvalue weighted by Gasteiger charge is -2.52. The quantitative estimate of drug-likeness (QED) is 0.139. The van der Waals surface area contributed by atoms with Crippen molar-refractivity contribution in [2.75, 3.05) is 0 Å². The van der Waals surface area contributed by atoms with Crippen LogP contribution in [0.25, 0.3) is 66.6 Å². The van der Waals surface area contributed by atoms with Gasteiger partial charge in [-0.15, -0.1) is 0 Å². The third-order valence-corrected chi connectivity index (χ3v) is 19.7. The first kappa shape index (κ1) is 45.7. The average Bonchev–Trinajstić information content (AvgIpc) is 2.74. The van der Waals surface area contributed by atoms with Crippen LogP contribution in [0.3, 0.4) is 0 Å². The highest BCUT2D eigenvalue weighted by atomic mass is 15.2. The summed E-state index contributed by atoms with van der Waals surface area (Å²) < 4.78 is 5.20. The van der Waals surface area contributed by atoms with Gasteiger partial charge in [0.25, 0.3) is 0 Å². The molecule has 0 amide bonds. The molecular weight excluding hydrogens is 930 g/mol. The fraction of sp³-hybridized carbons (Fsp3) is 0.274. The van der Waals surface area contributed by atoms with Crippen LogP contribution < -0.4 is 16.4 Å². The molecule has 4 heteroatoms. The predicted molar refractivity (Wildman–Crippen MR) is 324 cm³/mol. The maximum atomic E-state index is 5.87. The van der Waals surface area contributed by atoms with Crippen LogP contribution in [0.5, 0.6) is 0 Å². The van der Waals surface area contributed by atoms with Crippen molar-refractivity contribution in [2.24, 2.45) is 0 Å². The van der Waals surface area contributed by atoms with Crippen LogP contribution in [0.15, 0.2) is 146 Å². The van der Waals surface area contributed by atoms with Crippen LogP contribution >= 0.6 is 0 Å². The van der Waals surface area contributed by atoms with E-state index in [1.165, 1.54) is 144 Å². The minimum Gasteiger partial charge on any atom is -0.281 e. The van der Waals surface area contributed by atoms with E-state index < -0.39 is 10.8 Å². The van der Waals surface area contributed by atoms with Gasteiger partial charge < -0.3 is 0 Å². The largest absolute Gasteiger partial charge is 0.281 e.